The number of nitro groups is 4. The van der Waals surface area contributed by atoms with Crippen LogP contribution in [0.4, 0.5) is 17.2 Å². The first-order chi connectivity index (χ1) is 9.73. The van der Waals surface area contributed by atoms with Crippen LogP contribution in [-0.4, -0.2) is 29.7 Å². The maximum atomic E-state index is 10.8. The Balaban J connectivity index is 2.95. The van der Waals surface area contributed by atoms with Crippen molar-refractivity contribution < 1.29 is 19.8 Å². The summed E-state index contributed by atoms with van der Waals surface area (Å²) in [6.07, 6.45) is 0. The van der Waals surface area contributed by atoms with Gasteiger partial charge in [0, 0.05) is 6.07 Å². The minimum absolute atomic E-state index is 0.210. The molecule has 0 saturated heterocycles. The number of hydrogen-bond donors (Lipinski definition) is 0. The SMILES string of the molecule is O=[N+]([O-])c1cc2nn([N+](=O)[O-])c([N+](=O)[O-])c2cc1[N+](=O)[O-]. The second kappa shape index (κ2) is 4.44. The van der Waals surface area contributed by atoms with Gasteiger partial charge in [-0.25, -0.2) is 0 Å². The average Bonchev–Trinajstić information content (AvgIpc) is 2.75. The van der Waals surface area contributed by atoms with Crippen LogP contribution in [0.25, 0.3) is 10.9 Å². The van der Waals surface area contributed by atoms with Crippen molar-refractivity contribution in [3.8, 4) is 0 Å². The molecule has 2 rings (SSSR count). The van der Waals surface area contributed by atoms with Crippen molar-refractivity contribution in [3.05, 3.63) is 52.6 Å². The zero-order chi connectivity index (χ0) is 15.9. The zero-order valence-corrected chi connectivity index (χ0v) is 9.60. The molecule has 14 nitrogen and oxygen atoms in total. The van der Waals surface area contributed by atoms with Crippen molar-refractivity contribution in [1.29, 1.82) is 0 Å². The van der Waals surface area contributed by atoms with Crippen LogP contribution in [0, 0.1) is 40.5 Å². The third-order valence-electron chi connectivity index (χ3n) is 2.45. The van der Waals surface area contributed by atoms with E-state index in [1.54, 1.807) is 0 Å². The highest BCUT2D eigenvalue weighted by molar-refractivity contribution is 5.91. The largest absolute Gasteiger partial charge is 0.428 e. The smallest absolute Gasteiger partial charge is 0.358 e. The van der Waals surface area contributed by atoms with Crippen molar-refractivity contribution >= 4 is 28.1 Å². The highest BCUT2D eigenvalue weighted by Crippen LogP contribution is 2.35. The summed E-state index contributed by atoms with van der Waals surface area (Å²) in [6.45, 7) is 0. The van der Waals surface area contributed by atoms with E-state index in [9.17, 15) is 40.5 Å². The third kappa shape index (κ3) is 2.05. The van der Waals surface area contributed by atoms with Crippen molar-refractivity contribution in [3.63, 3.8) is 0 Å². The lowest BCUT2D eigenvalue weighted by Gasteiger charge is -1.94. The number of benzene rings is 1. The van der Waals surface area contributed by atoms with Crippen LogP contribution in [0.2, 0.25) is 0 Å². The van der Waals surface area contributed by atoms with Crippen molar-refractivity contribution in [2.75, 3.05) is 0 Å². The Labute approximate surface area is 111 Å². The maximum Gasteiger partial charge on any atom is 0.428 e. The number of nitrogens with zero attached hydrogens (tertiary/aromatic N) is 6. The molecule has 0 aliphatic heterocycles. The molecule has 0 N–H and O–H groups in total. The minimum atomic E-state index is -1.23. The summed E-state index contributed by atoms with van der Waals surface area (Å²) in [6, 6.07) is 1.08. The van der Waals surface area contributed by atoms with E-state index in [0.29, 0.717) is 12.1 Å². The van der Waals surface area contributed by atoms with E-state index in [1.807, 2.05) is 0 Å². The van der Waals surface area contributed by atoms with Crippen LogP contribution in [0.1, 0.15) is 0 Å². The highest BCUT2D eigenvalue weighted by Gasteiger charge is 2.37. The van der Waals surface area contributed by atoms with Gasteiger partial charge in [0.15, 0.2) is 4.79 Å². The molecule has 0 aliphatic carbocycles. The number of rotatable bonds is 4. The summed E-state index contributed by atoms with van der Waals surface area (Å²) >= 11 is 0. The molecule has 0 bridgehead atoms. The van der Waals surface area contributed by atoms with Crippen LogP contribution in [0.5, 0.6) is 0 Å². The summed E-state index contributed by atoms with van der Waals surface area (Å²) in [5.41, 5.74) is -2.48. The molecule has 1 aromatic carbocycles. The zero-order valence-electron chi connectivity index (χ0n) is 9.60. The first-order valence-electron chi connectivity index (χ1n) is 4.88. The summed E-state index contributed by atoms with van der Waals surface area (Å²) in [4.78, 5) is 39.4. The van der Waals surface area contributed by atoms with Crippen LogP contribution in [0.3, 0.4) is 0 Å². The lowest BCUT2D eigenvalue weighted by Crippen LogP contribution is -2.12. The fraction of sp³-hybridized carbons (Fsp3) is 0. The number of fused-ring (bicyclic) bond motifs is 1. The summed E-state index contributed by atoms with van der Waals surface area (Å²) in [5.74, 6) is -1.13. The Morgan fingerprint density at radius 3 is 1.81 bits per heavy atom. The third-order valence-corrected chi connectivity index (χ3v) is 2.45. The molecule has 21 heavy (non-hydrogen) atoms. The van der Waals surface area contributed by atoms with Crippen LogP contribution in [-0.2, 0) is 0 Å². The lowest BCUT2D eigenvalue weighted by atomic mass is 10.2. The molecule has 0 spiro atoms. The standard InChI is InChI=1S/C7H2N6O8/c14-10(15)5-1-3-4(2-6(5)11(16)17)8-9(13(20)21)7(3)12(18)19/h1-2H. The molecule has 14 heteroatoms. The van der Waals surface area contributed by atoms with Gasteiger partial charge < -0.3 is 20.2 Å². The van der Waals surface area contributed by atoms with Gasteiger partial charge in [-0.05, 0) is 4.92 Å². The van der Waals surface area contributed by atoms with E-state index < -0.39 is 47.9 Å². The number of nitro benzene ring substituents is 2. The highest BCUT2D eigenvalue weighted by atomic mass is 16.7. The number of aromatic nitrogens is 2. The number of hydrogen-bond acceptors (Lipinski definition) is 9. The molecule has 0 atom stereocenters. The predicted molar refractivity (Wildman–Crippen MR) is 62.1 cm³/mol. The summed E-state index contributed by atoms with van der Waals surface area (Å²) in [7, 11) is 0. The van der Waals surface area contributed by atoms with E-state index in [1.165, 1.54) is 0 Å². The van der Waals surface area contributed by atoms with Crippen LogP contribution < -0.4 is 0 Å². The van der Waals surface area contributed by atoms with Gasteiger partial charge in [-0.1, -0.05) is 0 Å². The van der Waals surface area contributed by atoms with Gasteiger partial charge in [-0.2, -0.15) is 0 Å². The van der Waals surface area contributed by atoms with E-state index in [4.69, 9.17) is 0 Å². The van der Waals surface area contributed by atoms with Gasteiger partial charge in [0.05, 0.1) is 15.9 Å². The Morgan fingerprint density at radius 2 is 1.38 bits per heavy atom. The van der Waals surface area contributed by atoms with Crippen molar-refractivity contribution in [1.82, 2.24) is 9.89 Å². The van der Waals surface area contributed by atoms with Crippen molar-refractivity contribution in [2.45, 2.75) is 0 Å². The van der Waals surface area contributed by atoms with Gasteiger partial charge in [-0.3, -0.25) is 20.2 Å². The van der Waals surface area contributed by atoms with Gasteiger partial charge in [0.1, 0.15) is 15.5 Å². The fourth-order valence-corrected chi connectivity index (χ4v) is 1.66. The summed E-state index contributed by atoms with van der Waals surface area (Å²) < 4.78 is 0. The van der Waals surface area contributed by atoms with E-state index in [0.717, 1.165) is 0 Å². The molecular weight excluding hydrogens is 296 g/mol. The molecule has 0 aliphatic rings. The Kier molecular flexibility index (Phi) is 2.90. The van der Waals surface area contributed by atoms with E-state index in [2.05, 4.69) is 5.10 Å². The lowest BCUT2D eigenvalue weighted by molar-refractivity contribution is -0.569. The van der Waals surface area contributed by atoms with Gasteiger partial charge in [0.2, 0.25) is 5.52 Å². The fourth-order valence-electron chi connectivity index (χ4n) is 1.66. The van der Waals surface area contributed by atoms with Gasteiger partial charge in [0.25, 0.3) is 0 Å². The quantitative estimate of drug-likeness (QED) is 0.579. The first-order valence-corrected chi connectivity index (χ1v) is 4.88. The average molecular weight is 298 g/mol. The molecule has 0 amide bonds. The molecule has 108 valence electrons. The Morgan fingerprint density at radius 1 is 0.857 bits per heavy atom. The normalized spacial score (nSPS) is 10.5. The molecule has 1 aromatic heterocycles. The molecule has 0 radical (unpaired) electrons. The molecule has 1 heterocycles. The predicted octanol–water partition coefficient (Wildman–Crippen LogP) is 0.801. The van der Waals surface area contributed by atoms with Gasteiger partial charge >= 0.3 is 17.2 Å². The first kappa shape index (κ1) is 13.7. The van der Waals surface area contributed by atoms with Crippen LogP contribution in [0.15, 0.2) is 12.1 Å². The van der Waals surface area contributed by atoms with Gasteiger partial charge in [-0.15, -0.1) is 0 Å². The second-order valence-corrected chi connectivity index (χ2v) is 3.58. The molecular formula is C7H2N6O8. The Bertz CT molecular complexity index is 812. The monoisotopic (exact) mass is 298 g/mol. The van der Waals surface area contributed by atoms with E-state index >= 15 is 0 Å². The van der Waals surface area contributed by atoms with Crippen molar-refractivity contribution in [2.24, 2.45) is 0 Å². The molecule has 0 saturated carbocycles. The van der Waals surface area contributed by atoms with Crippen LogP contribution >= 0.6 is 0 Å². The molecule has 0 fully saturated rings. The Hall–Kier alpha value is -3.71. The second-order valence-electron chi connectivity index (χ2n) is 3.58. The summed E-state index contributed by atoms with van der Waals surface area (Å²) in [5, 5.41) is 44.4. The van der Waals surface area contributed by atoms with E-state index in [-0.39, 0.29) is 4.79 Å². The maximum absolute atomic E-state index is 10.8. The molecule has 2 aromatic rings. The molecule has 0 unspecified atom stereocenters. The topological polar surface area (TPSA) is 190 Å². The minimum Gasteiger partial charge on any atom is -0.358 e.